The molecule has 1 heterocycles. The van der Waals surface area contributed by atoms with E-state index in [9.17, 15) is 0 Å². The molecule has 0 saturated heterocycles. The summed E-state index contributed by atoms with van der Waals surface area (Å²) in [7, 11) is 0. The van der Waals surface area contributed by atoms with Crippen molar-refractivity contribution in [2.75, 3.05) is 5.73 Å². The highest BCUT2D eigenvalue weighted by Gasteiger charge is 2.28. The van der Waals surface area contributed by atoms with Gasteiger partial charge in [-0.1, -0.05) is 23.2 Å². The second-order valence-electron chi connectivity index (χ2n) is 4.11. The van der Waals surface area contributed by atoms with E-state index in [1.54, 1.807) is 18.5 Å². The smallest absolute Gasteiger partial charge is 0.167 e. The summed E-state index contributed by atoms with van der Waals surface area (Å²) in [6.07, 6.45) is 4.00. The number of hydrogen-bond acceptors (Lipinski definition) is 3. The van der Waals surface area contributed by atoms with Crippen molar-refractivity contribution in [2.24, 2.45) is 0 Å². The van der Waals surface area contributed by atoms with E-state index in [1.807, 2.05) is 4.57 Å². The largest absolute Gasteiger partial charge is 0.397 e. The van der Waals surface area contributed by atoms with Crippen LogP contribution in [0.3, 0.4) is 0 Å². The van der Waals surface area contributed by atoms with Crippen molar-refractivity contribution in [3.63, 3.8) is 0 Å². The molecule has 0 spiro atoms. The van der Waals surface area contributed by atoms with Gasteiger partial charge in [0, 0.05) is 6.04 Å². The van der Waals surface area contributed by atoms with Crippen LogP contribution in [0.1, 0.15) is 18.9 Å². The number of nitrogen functional groups attached to an aromatic ring is 1. The predicted molar refractivity (Wildman–Crippen MR) is 68.2 cm³/mol. The zero-order valence-electron chi connectivity index (χ0n) is 8.90. The SMILES string of the molecule is Nc1c(Cl)ccc(Cl)c1-c1nncn1C1CC1. The summed E-state index contributed by atoms with van der Waals surface area (Å²) in [5, 5.41) is 9.05. The van der Waals surface area contributed by atoms with Crippen molar-refractivity contribution < 1.29 is 0 Å². The van der Waals surface area contributed by atoms with Crippen LogP contribution in [0.15, 0.2) is 18.5 Å². The van der Waals surface area contributed by atoms with Crippen LogP contribution >= 0.6 is 23.2 Å². The first kappa shape index (κ1) is 10.9. The highest BCUT2D eigenvalue weighted by atomic mass is 35.5. The van der Waals surface area contributed by atoms with Gasteiger partial charge in [-0.2, -0.15) is 0 Å². The predicted octanol–water partition coefficient (Wildman–Crippen LogP) is 3.17. The van der Waals surface area contributed by atoms with E-state index in [0.29, 0.717) is 33.2 Å². The van der Waals surface area contributed by atoms with Gasteiger partial charge in [-0.05, 0) is 25.0 Å². The molecule has 1 aromatic carbocycles. The average molecular weight is 269 g/mol. The van der Waals surface area contributed by atoms with Crippen molar-refractivity contribution in [3.05, 3.63) is 28.5 Å². The van der Waals surface area contributed by atoms with Crippen LogP contribution in [-0.4, -0.2) is 14.8 Å². The molecule has 2 N–H and O–H groups in total. The van der Waals surface area contributed by atoms with Crippen LogP contribution in [0.2, 0.25) is 10.0 Å². The van der Waals surface area contributed by atoms with Crippen molar-refractivity contribution in [3.8, 4) is 11.4 Å². The molecule has 2 aromatic rings. The first-order chi connectivity index (χ1) is 8.18. The lowest BCUT2D eigenvalue weighted by Gasteiger charge is -2.10. The van der Waals surface area contributed by atoms with Gasteiger partial charge in [-0.3, -0.25) is 0 Å². The maximum atomic E-state index is 6.17. The van der Waals surface area contributed by atoms with Crippen molar-refractivity contribution in [1.82, 2.24) is 14.8 Å². The van der Waals surface area contributed by atoms with Gasteiger partial charge in [0.25, 0.3) is 0 Å². The molecule has 6 heteroatoms. The lowest BCUT2D eigenvalue weighted by molar-refractivity contribution is 0.746. The summed E-state index contributed by atoms with van der Waals surface area (Å²) in [4.78, 5) is 0. The Bertz CT molecular complexity index is 575. The van der Waals surface area contributed by atoms with Gasteiger partial charge in [0.1, 0.15) is 6.33 Å². The number of anilines is 1. The first-order valence-corrected chi connectivity index (χ1v) is 6.07. The number of benzene rings is 1. The normalized spacial score (nSPS) is 15.2. The summed E-state index contributed by atoms with van der Waals surface area (Å²) in [6, 6.07) is 3.87. The maximum Gasteiger partial charge on any atom is 0.167 e. The van der Waals surface area contributed by atoms with Gasteiger partial charge in [0.2, 0.25) is 0 Å². The third-order valence-corrected chi connectivity index (χ3v) is 3.52. The number of aromatic nitrogens is 3. The molecule has 1 aliphatic carbocycles. The van der Waals surface area contributed by atoms with Crippen molar-refractivity contribution in [2.45, 2.75) is 18.9 Å². The minimum absolute atomic E-state index is 0.453. The number of halogens is 2. The molecule has 1 aliphatic rings. The zero-order valence-corrected chi connectivity index (χ0v) is 10.4. The Morgan fingerprint density at radius 3 is 2.65 bits per heavy atom. The van der Waals surface area contributed by atoms with Crippen LogP contribution in [0.5, 0.6) is 0 Å². The topological polar surface area (TPSA) is 56.7 Å². The molecular weight excluding hydrogens is 259 g/mol. The first-order valence-electron chi connectivity index (χ1n) is 5.32. The second kappa shape index (κ2) is 3.89. The third kappa shape index (κ3) is 1.77. The molecule has 0 radical (unpaired) electrons. The molecule has 0 bridgehead atoms. The maximum absolute atomic E-state index is 6.17. The highest BCUT2D eigenvalue weighted by molar-refractivity contribution is 6.37. The Morgan fingerprint density at radius 1 is 1.24 bits per heavy atom. The quantitative estimate of drug-likeness (QED) is 0.852. The lowest BCUT2D eigenvalue weighted by atomic mass is 10.1. The molecular formula is C11H10Cl2N4. The fourth-order valence-electron chi connectivity index (χ4n) is 1.84. The Labute approximate surface area is 108 Å². The van der Waals surface area contributed by atoms with E-state index in [0.717, 1.165) is 12.8 Å². The van der Waals surface area contributed by atoms with E-state index in [1.165, 1.54) is 0 Å². The number of hydrogen-bond donors (Lipinski definition) is 1. The van der Waals surface area contributed by atoms with Gasteiger partial charge in [0.05, 0.1) is 21.3 Å². The molecule has 4 nitrogen and oxygen atoms in total. The lowest BCUT2D eigenvalue weighted by Crippen LogP contribution is -2.00. The fraction of sp³-hybridized carbons (Fsp3) is 0.273. The number of nitrogens with two attached hydrogens (primary N) is 1. The Kier molecular flexibility index (Phi) is 2.49. The molecule has 3 rings (SSSR count). The Hall–Kier alpha value is -1.26. The Balaban J connectivity index is 2.20. The van der Waals surface area contributed by atoms with Crippen LogP contribution in [-0.2, 0) is 0 Å². The highest BCUT2D eigenvalue weighted by Crippen LogP contribution is 2.42. The third-order valence-electron chi connectivity index (χ3n) is 2.88. The van der Waals surface area contributed by atoms with Crippen LogP contribution in [0, 0.1) is 0 Å². The summed E-state index contributed by atoms with van der Waals surface area (Å²) in [5.74, 6) is 0.692. The molecule has 1 saturated carbocycles. The molecule has 17 heavy (non-hydrogen) atoms. The summed E-state index contributed by atoms with van der Waals surface area (Å²) < 4.78 is 2.01. The van der Waals surface area contributed by atoms with Gasteiger partial charge in [-0.25, -0.2) is 0 Å². The fourth-order valence-corrected chi connectivity index (χ4v) is 2.24. The minimum Gasteiger partial charge on any atom is -0.397 e. The van der Waals surface area contributed by atoms with Gasteiger partial charge in [0.15, 0.2) is 5.82 Å². The zero-order chi connectivity index (χ0) is 12.0. The van der Waals surface area contributed by atoms with E-state index in [4.69, 9.17) is 28.9 Å². The average Bonchev–Trinajstić information content (AvgIpc) is 3.05. The van der Waals surface area contributed by atoms with Crippen molar-refractivity contribution in [1.29, 1.82) is 0 Å². The van der Waals surface area contributed by atoms with E-state index in [2.05, 4.69) is 10.2 Å². The standard InChI is InChI=1S/C11H10Cl2N4/c12-7-3-4-8(13)10(14)9(7)11-16-15-5-17(11)6-1-2-6/h3-6H,1-2,14H2. The van der Waals surface area contributed by atoms with E-state index in [-0.39, 0.29) is 0 Å². The number of rotatable bonds is 2. The van der Waals surface area contributed by atoms with Crippen molar-refractivity contribution >= 4 is 28.9 Å². The van der Waals surface area contributed by atoms with E-state index < -0.39 is 0 Å². The van der Waals surface area contributed by atoms with Crippen LogP contribution in [0.25, 0.3) is 11.4 Å². The summed E-state index contributed by atoms with van der Waals surface area (Å²) >= 11 is 12.2. The molecule has 0 amide bonds. The van der Waals surface area contributed by atoms with Gasteiger partial charge >= 0.3 is 0 Å². The Morgan fingerprint density at radius 2 is 1.94 bits per heavy atom. The molecule has 0 aliphatic heterocycles. The molecule has 88 valence electrons. The molecule has 1 aromatic heterocycles. The van der Waals surface area contributed by atoms with E-state index >= 15 is 0 Å². The van der Waals surface area contributed by atoms with Crippen LogP contribution < -0.4 is 5.73 Å². The number of nitrogens with zero attached hydrogens (tertiary/aromatic N) is 3. The molecule has 1 fully saturated rings. The minimum atomic E-state index is 0.453. The molecule has 0 unspecified atom stereocenters. The molecule has 0 atom stereocenters. The summed E-state index contributed by atoms with van der Waals surface area (Å²) in [5.41, 5.74) is 7.09. The monoisotopic (exact) mass is 268 g/mol. The van der Waals surface area contributed by atoms with Crippen LogP contribution in [0.4, 0.5) is 5.69 Å². The van der Waals surface area contributed by atoms with Gasteiger partial charge in [-0.15, -0.1) is 10.2 Å². The summed E-state index contributed by atoms with van der Waals surface area (Å²) in [6.45, 7) is 0. The second-order valence-corrected chi connectivity index (χ2v) is 4.93. The van der Waals surface area contributed by atoms with Gasteiger partial charge < -0.3 is 10.3 Å².